The van der Waals surface area contributed by atoms with Gasteiger partial charge in [0.15, 0.2) is 5.69 Å². The van der Waals surface area contributed by atoms with Gasteiger partial charge in [-0.05, 0) is 17.7 Å². The molecular formula is C15H11N5. The Morgan fingerprint density at radius 1 is 1.10 bits per heavy atom. The quantitative estimate of drug-likeness (QED) is 0.784. The van der Waals surface area contributed by atoms with Crippen molar-refractivity contribution in [1.82, 2.24) is 15.2 Å². The molecule has 1 N–H and O–H groups in total. The van der Waals surface area contributed by atoms with Crippen LogP contribution >= 0.6 is 0 Å². The van der Waals surface area contributed by atoms with Gasteiger partial charge in [0.25, 0.3) is 0 Å². The van der Waals surface area contributed by atoms with Crippen molar-refractivity contribution in [2.24, 2.45) is 0 Å². The molecule has 5 heteroatoms. The fraction of sp³-hybridized carbons (Fsp3) is 0.0667. The van der Waals surface area contributed by atoms with Gasteiger partial charge in [-0.25, -0.2) is 0 Å². The second-order valence-corrected chi connectivity index (χ2v) is 4.27. The zero-order chi connectivity index (χ0) is 13.8. The Labute approximate surface area is 115 Å². The lowest BCUT2D eigenvalue weighted by Gasteiger charge is -2.10. The third kappa shape index (κ3) is 2.27. The molecule has 0 amide bonds. The monoisotopic (exact) mass is 261 g/mol. The first-order valence-corrected chi connectivity index (χ1v) is 6.17. The summed E-state index contributed by atoms with van der Waals surface area (Å²) in [6, 6.07) is 13.5. The minimum Gasteiger partial charge on any atom is -0.378 e. The molecular weight excluding hydrogens is 250 g/mol. The van der Waals surface area contributed by atoms with Gasteiger partial charge in [-0.1, -0.05) is 24.3 Å². The lowest BCUT2D eigenvalue weighted by atomic mass is 10.1. The molecule has 5 nitrogen and oxygen atoms in total. The molecule has 0 radical (unpaired) electrons. The standard InChI is InChI=1S/C15H11N5/c16-8-14-15(18-10-11-4-3-7-17-9-11)12-5-1-2-6-13(12)19-20-14/h1-7,9H,10H2,(H,18,19). The summed E-state index contributed by atoms with van der Waals surface area (Å²) >= 11 is 0. The number of nitrogens with one attached hydrogen (secondary N) is 1. The highest BCUT2D eigenvalue weighted by Crippen LogP contribution is 2.24. The Kier molecular flexibility index (Phi) is 3.21. The van der Waals surface area contributed by atoms with Gasteiger partial charge in [0.2, 0.25) is 0 Å². The van der Waals surface area contributed by atoms with Gasteiger partial charge in [0, 0.05) is 24.3 Å². The van der Waals surface area contributed by atoms with E-state index < -0.39 is 0 Å². The van der Waals surface area contributed by atoms with Crippen LogP contribution in [0, 0.1) is 11.3 Å². The van der Waals surface area contributed by atoms with E-state index in [1.165, 1.54) is 0 Å². The van der Waals surface area contributed by atoms with Gasteiger partial charge in [-0.15, -0.1) is 10.2 Å². The van der Waals surface area contributed by atoms with Crippen LogP contribution in [-0.4, -0.2) is 15.2 Å². The number of anilines is 1. The molecule has 3 rings (SSSR count). The molecule has 0 saturated carbocycles. The first-order valence-electron chi connectivity index (χ1n) is 6.17. The fourth-order valence-electron chi connectivity index (χ4n) is 2.00. The predicted octanol–water partition coefficient (Wildman–Crippen LogP) is 2.51. The summed E-state index contributed by atoms with van der Waals surface area (Å²) in [7, 11) is 0. The first-order chi connectivity index (χ1) is 9.88. The van der Waals surface area contributed by atoms with Crippen molar-refractivity contribution in [2.75, 3.05) is 5.32 Å². The van der Waals surface area contributed by atoms with E-state index >= 15 is 0 Å². The van der Waals surface area contributed by atoms with Gasteiger partial charge >= 0.3 is 0 Å². The van der Waals surface area contributed by atoms with Crippen LogP contribution in [0.1, 0.15) is 11.3 Å². The summed E-state index contributed by atoms with van der Waals surface area (Å²) in [5.74, 6) is 0. The highest BCUT2D eigenvalue weighted by atomic mass is 15.1. The van der Waals surface area contributed by atoms with E-state index in [4.69, 9.17) is 0 Å². The first kappa shape index (κ1) is 12.1. The van der Waals surface area contributed by atoms with Gasteiger partial charge in [-0.2, -0.15) is 5.26 Å². The number of nitrogens with zero attached hydrogens (tertiary/aromatic N) is 4. The van der Waals surface area contributed by atoms with Crippen LogP contribution in [0.25, 0.3) is 10.9 Å². The SMILES string of the molecule is N#Cc1nnc2ccccc2c1NCc1cccnc1. The average Bonchev–Trinajstić information content (AvgIpc) is 2.53. The van der Waals surface area contributed by atoms with Gasteiger partial charge in [0.1, 0.15) is 6.07 Å². The summed E-state index contributed by atoms with van der Waals surface area (Å²) in [6.07, 6.45) is 3.52. The Bertz CT molecular complexity index is 777. The second kappa shape index (κ2) is 5.33. The minimum absolute atomic E-state index is 0.299. The number of pyridine rings is 1. The molecule has 3 aromatic rings. The zero-order valence-corrected chi connectivity index (χ0v) is 10.6. The van der Waals surface area contributed by atoms with Crippen LogP contribution in [0.15, 0.2) is 48.8 Å². The number of nitriles is 1. The summed E-state index contributed by atoms with van der Waals surface area (Å²) < 4.78 is 0. The van der Waals surface area contributed by atoms with Crippen molar-refractivity contribution in [3.63, 3.8) is 0 Å². The van der Waals surface area contributed by atoms with Crippen molar-refractivity contribution < 1.29 is 0 Å². The van der Waals surface area contributed by atoms with Crippen molar-refractivity contribution in [3.05, 3.63) is 60.0 Å². The van der Waals surface area contributed by atoms with E-state index in [-0.39, 0.29) is 0 Å². The number of hydrogen-bond acceptors (Lipinski definition) is 5. The van der Waals surface area contributed by atoms with Crippen molar-refractivity contribution >= 4 is 16.6 Å². The summed E-state index contributed by atoms with van der Waals surface area (Å²) in [5, 5.41) is 21.3. The molecule has 2 aromatic heterocycles. The normalized spacial score (nSPS) is 10.2. The van der Waals surface area contributed by atoms with E-state index in [1.54, 1.807) is 12.4 Å². The number of fused-ring (bicyclic) bond motifs is 1. The number of benzene rings is 1. The maximum Gasteiger partial charge on any atom is 0.186 e. The van der Waals surface area contributed by atoms with E-state index in [1.807, 2.05) is 36.4 Å². The van der Waals surface area contributed by atoms with Gasteiger partial charge in [0.05, 0.1) is 11.2 Å². The molecule has 0 aliphatic heterocycles. The van der Waals surface area contributed by atoms with E-state index in [0.717, 1.165) is 16.5 Å². The maximum atomic E-state index is 9.17. The number of aromatic nitrogens is 3. The molecule has 0 aliphatic rings. The molecule has 1 aromatic carbocycles. The van der Waals surface area contributed by atoms with Crippen molar-refractivity contribution in [2.45, 2.75) is 6.54 Å². The molecule has 0 bridgehead atoms. The summed E-state index contributed by atoms with van der Waals surface area (Å²) in [4.78, 5) is 4.07. The largest absolute Gasteiger partial charge is 0.378 e. The van der Waals surface area contributed by atoms with Crippen molar-refractivity contribution in [1.29, 1.82) is 5.26 Å². The molecule has 2 heterocycles. The van der Waals surface area contributed by atoms with Gasteiger partial charge < -0.3 is 5.32 Å². The summed E-state index contributed by atoms with van der Waals surface area (Å²) in [6.45, 7) is 0.582. The van der Waals surface area contributed by atoms with E-state index in [0.29, 0.717) is 17.9 Å². The summed E-state index contributed by atoms with van der Waals surface area (Å²) in [5.41, 5.74) is 2.81. The smallest absolute Gasteiger partial charge is 0.186 e. The molecule has 20 heavy (non-hydrogen) atoms. The molecule has 0 saturated heterocycles. The van der Waals surface area contributed by atoms with Crippen LogP contribution in [0.2, 0.25) is 0 Å². The van der Waals surface area contributed by atoms with Crippen LogP contribution in [-0.2, 0) is 6.54 Å². The molecule has 0 aliphatic carbocycles. The lowest BCUT2D eigenvalue weighted by molar-refractivity contribution is 1.03. The van der Waals surface area contributed by atoms with Crippen molar-refractivity contribution in [3.8, 4) is 6.07 Å². The average molecular weight is 261 g/mol. The topological polar surface area (TPSA) is 74.5 Å². The van der Waals surface area contributed by atoms with Crippen LogP contribution in [0.5, 0.6) is 0 Å². The Hall–Kier alpha value is -3.00. The molecule has 0 atom stereocenters. The molecule has 0 unspecified atom stereocenters. The Balaban J connectivity index is 1.99. The van der Waals surface area contributed by atoms with Crippen LogP contribution < -0.4 is 5.32 Å². The maximum absolute atomic E-state index is 9.17. The fourth-order valence-corrected chi connectivity index (χ4v) is 2.00. The third-order valence-electron chi connectivity index (χ3n) is 2.97. The highest BCUT2D eigenvalue weighted by Gasteiger charge is 2.09. The van der Waals surface area contributed by atoms with E-state index in [2.05, 4.69) is 26.6 Å². The third-order valence-corrected chi connectivity index (χ3v) is 2.97. The molecule has 0 spiro atoms. The Morgan fingerprint density at radius 3 is 2.80 bits per heavy atom. The number of hydrogen-bond donors (Lipinski definition) is 1. The lowest BCUT2D eigenvalue weighted by Crippen LogP contribution is -2.04. The molecule has 96 valence electrons. The minimum atomic E-state index is 0.299. The highest BCUT2D eigenvalue weighted by molar-refractivity contribution is 5.92. The second-order valence-electron chi connectivity index (χ2n) is 4.27. The molecule has 0 fully saturated rings. The zero-order valence-electron chi connectivity index (χ0n) is 10.6. The Morgan fingerprint density at radius 2 is 2.00 bits per heavy atom. The van der Waals surface area contributed by atoms with Crippen LogP contribution in [0.4, 0.5) is 5.69 Å². The van der Waals surface area contributed by atoms with Crippen LogP contribution in [0.3, 0.4) is 0 Å². The predicted molar refractivity (Wildman–Crippen MR) is 75.8 cm³/mol. The van der Waals surface area contributed by atoms with Gasteiger partial charge in [-0.3, -0.25) is 4.98 Å². The number of rotatable bonds is 3. The van der Waals surface area contributed by atoms with E-state index in [9.17, 15) is 5.26 Å².